The van der Waals surface area contributed by atoms with E-state index in [9.17, 15) is 19.5 Å². The van der Waals surface area contributed by atoms with E-state index in [4.69, 9.17) is 4.74 Å². The van der Waals surface area contributed by atoms with Crippen LogP contribution in [0.4, 0.5) is 0 Å². The van der Waals surface area contributed by atoms with Gasteiger partial charge in [-0.15, -0.1) is 0 Å². The lowest BCUT2D eigenvalue weighted by atomic mass is 10.1. The highest BCUT2D eigenvalue weighted by Crippen LogP contribution is 2.28. The van der Waals surface area contributed by atoms with Gasteiger partial charge in [0, 0.05) is 11.6 Å². The summed E-state index contributed by atoms with van der Waals surface area (Å²) in [7, 11) is 1.43. The largest absolute Gasteiger partial charge is 0.508 e. The first-order chi connectivity index (χ1) is 10.5. The Hall–Kier alpha value is -3.16. The summed E-state index contributed by atoms with van der Waals surface area (Å²) in [6.45, 7) is -0.243. The highest BCUT2D eigenvalue weighted by Gasteiger charge is 2.39. The Morgan fingerprint density at radius 3 is 2.86 bits per heavy atom. The molecule has 0 aliphatic carbocycles. The molecule has 0 saturated carbocycles. The number of carbonyl (C=O) groups excluding carboxylic acids is 3. The van der Waals surface area contributed by atoms with Crippen LogP contribution >= 0.6 is 0 Å². The first kappa shape index (κ1) is 13.8. The van der Waals surface area contributed by atoms with Crippen LogP contribution in [0, 0.1) is 0 Å². The third-order valence-electron chi connectivity index (χ3n) is 3.21. The van der Waals surface area contributed by atoms with E-state index < -0.39 is 17.7 Å². The van der Waals surface area contributed by atoms with Crippen LogP contribution in [0.25, 0.3) is 6.08 Å². The molecule has 0 unspecified atom stereocenters. The van der Waals surface area contributed by atoms with Crippen molar-refractivity contribution in [2.45, 2.75) is 0 Å². The maximum atomic E-state index is 12.2. The summed E-state index contributed by atoms with van der Waals surface area (Å²) in [5.74, 6) is -1.52. The number of nitrogens with one attached hydrogen (secondary N) is 1. The number of aromatic hydroxyl groups is 1. The molecule has 1 aromatic rings. The molecule has 0 spiro atoms. The van der Waals surface area contributed by atoms with Gasteiger partial charge in [-0.2, -0.15) is 0 Å². The molecule has 3 amide bonds. The zero-order valence-electron chi connectivity index (χ0n) is 11.5. The van der Waals surface area contributed by atoms with E-state index in [1.165, 1.54) is 25.3 Å². The van der Waals surface area contributed by atoms with Crippen LogP contribution < -0.4 is 10.1 Å². The van der Waals surface area contributed by atoms with Gasteiger partial charge in [-0.25, -0.2) is 4.99 Å². The zero-order chi connectivity index (χ0) is 15.9. The highest BCUT2D eigenvalue weighted by atomic mass is 16.5. The van der Waals surface area contributed by atoms with Crippen molar-refractivity contribution in [1.29, 1.82) is 0 Å². The number of imide groups is 1. The van der Waals surface area contributed by atoms with Gasteiger partial charge in [-0.05, 0) is 18.2 Å². The fourth-order valence-corrected chi connectivity index (χ4v) is 2.20. The summed E-state index contributed by atoms with van der Waals surface area (Å²) in [5.41, 5.74) is 0.531. The molecule has 2 aliphatic rings. The van der Waals surface area contributed by atoms with Crippen LogP contribution in [0.2, 0.25) is 0 Å². The van der Waals surface area contributed by atoms with Gasteiger partial charge in [-0.3, -0.25) is 24.6 Å². The van der Waals surface area contributed by atoms with Gasteiger partial charge in [-0.1, -0.05) is 0 Å². The number of aliphatic imine (C=N–C) groups is 1. The Bertz CT molecular complexity index is 766. The molecular formula is C14H11N3O5. The zero-order valence-corrected chi connectivity index (χ0v) is 11.5. The fourth-order valence-electron chi connectivity index (χ4n) is 2.20. The molecule has 3 rings (SSSR count). The number of ether oxygens (including phenoxy) is 1. The second kappa shape index (κ2) is 4.99. The van der Waals surface area contributed by atoms with E-state index in [0.717, 1.165) is 4.90 Å². The number of piperazine rings is 1. The summed E-state index contributed by atoms with van der Waals surface area (Å²) in [4.78, 5) is 40.2. The monoisotopic (exact) mass is 301 g/mol. The van der Waals surface area contributed by atoms with Crippen LogP contribution in [0.15, 0.2) is 28.9 Å². The van der Waals surface area contributed by atoms with Gasteiger partial charge >= 0.3 is 0 Å². The molecule has 112 valence electrons. The number of amidine groups is 1. The predicted molar refractivity (Wildman–Crippen MR) is 74.9 cm³/mol. The molecule has 1 aromatic carbocycles. The summed E-state index contributed by atoms with van der Waals surface area (Å²) in [6.07, 6.45) is 1.43. The molecule has 0 atom stereocenters. The first-order valence-corrected chi connectivity index (χ1v) is 6.33. The molecule has 1 saturated heterocycles. The number of nitrogens with zero attached hydrogens (tertiary/aromatic N) is 2. The van der Waals surface area contributed by atoms with Crippen LogP contribution in [0.5, 0.6) is 11.5 Å². The van der Waals surface area contributed by atoms with Crippen molar-refractivity contribution in [2.75, 3.05) is 13.7 Å². The molecule has 2 aliphatic heterocycles. The Labute approximate surface area is 124 Å². The highest BCUT2D eigenvalue weighted by molar-refractivity contribution is 6.47. The summed E-state index contributed by atoms with van der Waals surface area (Å²) < 4.78 is 5.12. The number of rotatable bonds is 2. The van der Waals surface area contributed by atoms with Crippen molar-refractivity contribution in [2.24, 2.45) is 4.99 Å². The molecule has 0 radical (unpaired) electrons. The van der Waals surface area contributed by atoms with Crippen molar-refractivity contribution in [3.8, 4) is 11.5 Å². The van der Waals surface area contributed by atoms with E-state index in [2.05, 4.69) is 10.3 Å². The van der Waals surface area contributed by atoms with E-state index in [1.807, 2.05) is 0 Å². The van der Waals surface area contributed by atoms with Crippen molar-refractivity contribution in [3.05, 3.63) is 29.5 Å². The van der Waals surface area contributed by atoms with Gasteiger partial charge in [0.05, 0.1) is 7.11 Å². The topological polar surface area (TPSA) is 108 Å². The number of benzene rings is 1. The lowest BCUT2D eigenvalue weighted by molar-refractivity contribution is -0.135. The number of amides is 3. The molecule has 2 heterocycles. The minimum Gasteiger partial charge on any atom is -0.508 e. The van der Waals surface area contributed by atoms with Crippen molar-refractivity contribution < 1.29 is 24.2 Å². The minimum absolute atomic E-state index is 0.0174. The van der Waals surface area contributed by atoms with Gasteiger partial charge in [0.1, 0.15) is 23.7 Å². The van der Waals surface area contributed by atoms with Crippen molar-refractivity contribution in [3.63, 3.8) is 0 Å². The second-order valence-corrected chi connectivity index (χ2v) is 4.66. The average Bonchev–Trinajstić information content (AvgIpc) is 2.78. The Morgan fingerprint density at radius 2 is 2.14 bits per heavy atom. The first-order valence-electron chi connectivity index (χ1n) is 6.33. The molecule has 0 aromatic heterocycles. The summed E-state index contributed by atoms with van der Waals surface area (Å²) in [6, 6.07) is 4.38. The Balaban J connectivity index is 2.01. The predicted octanol–water partition coefficient (Wildman–Crippen LogP) is -0.361. The van der Waals surface area contributed by atoms with Gasteiger partial charge in [0.25, 0.3) is 11.8 Å². The number of phenols is 1. The van der Waals surface area contributed by atoms with E-state index in [0.29, 0.717) is 11.3 Å². The van der Waals surface area contributed by atoms with Crippen LogP contribution in [-0.4, -0.2) is 47.2 Å². The number of carbonyl (C=O) groups is 3. The number of fused-ring (bicyclic) bond motifs is 1. The third-order valence-corrected chi connectivity index (χ3v) is 3.21. The molecule has 22 heavy (non-hydrogen) atoms. The lowest BCUT2D eigenvalue weighted by Gasteiger charge is -2.21. The molecular weight excluding hydrogens is 290 g/mol. The number of phenolic OH excluding ortho intramolecular Hbond substituents is 1. The maximum absolute atomic E-state index is 12.2. The van der Waals surface area contributed by atoms with Gasteiger partial charge in [0.2, 0.25) is 11.7 Å². The Morgan fingerprint density at radius 1 is 1.36 bits per heavy atom. The van der Waals surface area contributed by atoms with Crippen LogP contribution in [-0.2, 0) is 14.4 Å². The van der Waals surface area contributed by atoms with Gasteiger partial charge < -0.3 is 9.84 Å². The van der Waals surface area contributed by atoms with E-state index >= 15 is 0 Å². The van der Waals surface area contributed by atoms with E-state index in [1.54, 1.807) is 6.07 Å². The number of methoxy groups -OCH3 is 1. The molecule has 8 nitrogen and oxygen atoms in total. The molecule has 0 bridgehead atoms. The SMILES string of the molecule is COc1cc(O)ccc1/C=C1\N=C2C(=O)NC(=O)CN2C1=O. The van der Waals surface area contributed by atoms with Crippen LogP contribution in [0.3, 0.4) is 0 Å². The fraction of sp³-hybridized carbons (Fsp3) is 0.143. The number of hydrogen-bond donors (Lipinski definition) is 2. The Kier molecular flexibility index (Phi) is 3.13. The number of hydrogen-bond acceptors (Lipinski definition) is 6. The second-order valence-electron chi connectivity index (χ2n) is 4.66. The maximum Gasteiger partial charge on any atom is 0.294 e. The molecule has 2 N–H and O–H groups in total. The third kappa shape index (κ3) is 2.20. The average molecular weight is 301 g/mol. The molecule has 1 fully saturated rings. The summed E-state index contributed by atoms with van der Waals surface area (Å²) in [5, 5.41) is 11.5. The van der Waals surface area contributed by atoms with E-state index in [-0.39, 0.29) is 23.8 Å². The van der Waals surface area contributed by atoms with Gasteiger partial charge in [0.15, 0.2) is 0 Å². The smallest absolute Gasteiger partial charge is 0.294 e. The van der Waals surface area contributed by atoms with Crippen molar-refractivity contribution >= 4 is 29.6 Å². The molecule has 8 heteroatoms. The van der Waals surface area contributed by atoms with Crippen molar-refractivity contribution in [1.82, 2.24) is 10.2 Å². The van der Waals surface area contributed by atoms with Crippen LogP contribution in [0.1, 0.15) is 5.56 Å². The minimum atomic E-state index is -0.703. The summed E-state index contributed by atoms with van der Waals surface area (Å²) >= 11 is 0. The standard InChI is InChI=1S/C14H11N3O5/c1-22-10-5-8(18)3-2-7(10)4-9-14(21)17-6-11(19)16-13(20)12(17)15-9/h2-5,18H,6H2,1H3,(H,16,19,20)/b9-4-. The quantitative estimate of drug-likeness (QED) is 0.573. The normalized spacial score (nSPS) is 19.1. The lowest BCUT2D eigenvalue weighted by Crippen LogP contribution is -2.55.